The number of nitrogens with zero attached hydrogens (tertiary/aromatic N) is 3. The van der Waals surface area contributed by atoms with E-state index in [0.29, 0.717) is 0 Å². The number of hydrogen-bond donors (Lipinski definition) is 2. The fourth-order valence-corrected chi connectivity index (χ4v) is 3.89. The van der Waals surface area contributed by atoms with Gasteiger partial charge in [-0.3, -0.25) is 0 Å². The summed E-state index contributed by atoms with van der Waals surface area (Å²) in [5.74, 6) is -1.21. The molecule has 2 N–H and O–H groups in total. The van der Waals surface area contributed by atoms with Gasteiger partial charge in [0.05, 0.1) is 23.9 Å². The van der Waals surface area contributed by atoms with Gasteiger partial charge in [0.1, 0.15) is 5.92 Å². The zero-order valence-corrected chi connectivity index (χ0v) is 12.0. The molecule has 5 heteroatoms. The highest BCUT2D eigenvalue weighted by Crippen LogP contribution is 2.54. The lowest BCUT2D eigenvalue weighted by Gasteiger charge is -2.45. The maximum Gasteiger partial charge on any atom is 0.191 e. The topological polar surface area (TPSA) is 111 Å². The van der Waals surface area contributed by atoms with Gasteiger partial charge in [0.2, 0.25) is 0 Å². The average molecular weight is 289 g/mol. The molecule has 0 radical (unpaired) electrons. The van der Waals surface area contributed by atoms with Gasteiger partial charge in [0, 0.05) is 17.8 Å². The molecule has 108 valence electrons. The standard InChI is InChI=1S/C17H15N5/c18-8-13-11-4-1-2-5-12(11)15(14-6-3-7-22-14)17(9-19,10-20)16(13)21/h3-4,6-7,12-13,15,21-22H,1-2,5H2/t12-,13-,15+/m0/s1. The van der Waals surface area contributed by atoms with Crippen molar-refractivity contribution in [3.05, 3.63) is 35.7 Å². The van der Waals surface area contributed by atoms with Crippen molar-refractivity contribution < 1.29 is 0 Å². The molecule has 0 amide bonds. The normalized spacial score (nSPS) is 29.4. The Morgan fingerprint density at radius 2 is 2.05 bits per heavy atom. The highest BCUT2D eigenvalue weighted by Gasteiger charge is 2.57. The Balaban J connectivity index is 2.25. The first kappa shape index (κ1) is 14.1. The molecule has 3 atom stereocenters. The number of nitrogens with one attached hydrogen (secondary N) is 2. The molecule has 1 aromatic heterocycles. The van der Waals surface area contributed by atoms with Crippen LogP contribution in [0.15, 0.2) is 30.0 Å². The predicted octanol–water partition coefficient (Wildman–Crippen LogP) is 3.03. The largest absolute Gasteiger partial charge is 0.365 e. The summed E-state index contributed by atoms with van der Waals surface area (Å²) in [6.07, 6.45) is 6.50. The first-order valence-electron chi connectivity index (χ1n) is 7.34. The third kappa shape index (κ3) is 1.71. The molecule has 1 aromatic rings. The van der Waals surface area contributed by atoms with Gasteiger partial charge in [-0.05, 0) is 42.9 Å². The molecule has 0 aromatic carbocycles. The smallest absolute Gasteiger partial charge is 0.191 e. The lowest BCUT2D eigenvalue weighted by molar-refractivity contribution is 0.315. The lowest BCUT2D eigenvalue weighted by Crippen LogP contribution is -2.48. The van der Waals surface area contributed by atoms with E-state index in [2.05, 4.69) is 23.2 Å². The summed E-state index contributed by atoms with van der Waals surface area (Å²) in [6.45, 7) is 0. The summed E-state index contributed by atoms with van der Waals surface area (Å²) in [5, 5.41) is 37.3. The monoisotopic (exact) mass is 289 g/mol. The van der Waals surface area contributed by atoms with Gasteiger partial charge < -0.3 is 10.4 Å². The van der Waals surface area contributed by atoms with Crippen LogP contribution in [0.4, 0.5) is 0 Å². The molecule has 22 heavy (non-hydrogen) atoms. The molecule has 1 heterocycles. The molecule has 0 bridgehead atoms. The average Bonchev–Trinajstić information content (AvgIpc) is 3.08. The number of fused-ring (bicyclic) bond motifs is 1. The predicted molar refractivity (Wildman–Crippen MR) is 79.4 cm³/mol. The molecule has 2 aliphatic carbocycles. The van der Waals surface area contributed by atoms with Gasteiger partial charge in [-0.2, -0.15) is 15.8 Å². The van der Waals surface area contributed by atoms with Crippen molar-refractivity contribution >= 4 is 5.71 Å². The molecule has 2 aliphatic rings. The second kappa shape index (κ2) is 5.17. The van der Waals surface area contributed by atoms with E-state index in [1.807, 2.05) is 18.2 Å². The zero-order valence-electron chi connectivity index (χ0n) is 12.0. The number of rotatable bonds is 1. The van der Waals surface area contributed by atoms with E-state index in [9.17, 15) is 15.8 Å². The van der Waals surface area contributed by atoms with Crippen molar-refractivity contribution in [2.75, 3.05) is 0 Å². The Labute approximate surface area is 129 Å². The number of allylic oxidation sites excluding steroid dienone is 2. The first-order valence-corrected chi connectivity index (χ1v) is 7.34. The minimum Gasteiger partial charge on any atom is -0.365 e. The highest BCUT2D eigenvalue weighted by molar-refractivity contribution is 6.00. The fourth-order valence-electron chi connectivity index (χ4n) is 3.89. The second-order valence-corrected chi connectivity index (χ2v) is 5.85. The van der Waals surface area contributed by atoms with Crippen LogP contribution in [0.5, 0.6) is 0 Å². The van der Waals surface area contributed by atoms with Gasteiger partial charge in [-0.15, -0.1) is 0 Å². The van der Waals surface area contributed by atoms with Crippen LogP contribution in [0, 0.1) is 56.7 Å². The Kier molecular flexibility index (Phi) is 3.32. The van der Waals surface area contributed by atoms with Crippen molar-refractivity contribution in [3.8, 4) is 18.2 Å². The number of aromatic nitrogens is 1. The van der Waals surface area contributed by atoms with E-state index in [0.717, 1.165) is 30.5 Å². The van der Waals surface area contributed by atoms with E-state index in [4.69, 9.17) is 5.41 Å². The number of nitriles is 3. The van der Waals surface area contributed by atoms with Crippen molar-refractivity contribution in [1.29, 1.82) is 21.2 Å². The minimum absolute atomic E-state index is 0.0366. The third-order valence-corrected chi connectivity index (χ3v) is 4.88. The number of H-pyrrole nitrogens is 1. The Morgan fingerprint density at radius 1 is 1.27 bits per heavy atom. The van der Waals surface area contributed by atoms with Gasteiger partial charge in [-0.1, -0.05) is 6.08 Å². The summed E-state index contributed by atoms with van der Waals surface area (Å²) >= 11 is 0. The van der Waals surface area contributed by atoms with E-state index in [1.54, 1.807) is 6.20 Å². The van der Waals surface area contributed by atoms with Gasteiger partial charge >= 0.3 is 0 Å². The van der Waals surface area contributed by atoms with Crippen LogP contribution < -0.4 is 0 Å². The van der Waals surface area contributed by atoms with E-state index in [-0.39, 0.29) is 11.6 Å². The maximum atomic E-state index is 9.73. The molecule has 0 saturated heterocycles. The van der Waals surface area contributed by atoms with Crippen LogP contribution in [-0.4, -0.2) is 10.7 Å². The van der Waals surface area contributed by atoms with Gasteiger partial charge in [0.25, 0.3) is 0 Å². The van der Waals surface area contributed by atoms with Crippen LogP contribution in [0.25, 0.3) is 0 Å². The summed E-state index contributed by atoms with van der Waals surface area (Å²) in [6, 6.07) is 9.97. The molecule has 0 unspecified atom stereocenters. The van der Waals surface area contributed by atoms with E-state index >= 15 is 0 Å². The van der Waals surface area contributed by atoms with Crippen LogP contribution in [0.2, 0.25) is 0 Å². The Bertz CT molecular complexity index is 736. The number of aromatic amines is 1. The summed E-state index contributed by atoms with van der Waals surface area (Å²) in [4.78, 5) is 3.11. The molecular weight excluding hydrogens is 274 g/mol. The Hall–Kier alpha value is -2.84. The molecule has 3 rings (SSSR count). The quantitative estimate of drug-likeness (QED) is 0.775. The summed E-state index contributed by atoms with van der Waals surface area (Å²) in [5.41, 5.74) is 0.0513. The molecule has 1 saturated carbocycles. The second-order valence-electron chi connectivity index (χ2n) is 5.85. The van der Waals surface area contributed by atoms with Gasteiger partial charge in [0.15, 0.2) is 5.41 Å². The lowest BCUT2D eigenvalue weighted by atomic mass is 9.54. The SMILES string of the molecule is N#C[C@@H]1C(=N)C(C#N)(C#N)[C@@H](c2ccc[nH]2)[C@H]2CCCC=C12. The van der Waals surface area contributed by atoms with Crippen molar-refractivity contribution in [2.45, 2.75) is 25.2 Å². The minimum atomic E-state index is -1.58. The van der Waals surface area contributed by atoms with E-state index < -0.39 is 17.3 Å². The fraction of sp³-hybridized carbons (Fsp3) is 0.412. The highest BCUT2D eigenvalue weighted by atomic mass is 14.7. The number of hydrogen-bond acceptors (Lipinski definition) is 4. The molecular formula is C17H15N5. The molecule has 0 spiro atoms. The van der Waals surface area contributed by atoms with Crippen molar-refractivity contribution in [1.82, 2.24) is 4.98 Å². The zero-order chi connectivity index (χ0) is 15.7. The van der Waals surface area contributed by atoms with Crippen LogP contribution >= 0.6 is 0 Å². The van der Waals surface area contributed by atoms with E-state index in [1.165, 1.54) is 0 Å². The molecule has 0 aliphatic heterocycles. The van der Waals surface area contributed by atoms with Crippen LogP contribution in [-0.2, 0) is 0 Å². The maximum absolute atomic E-state index is 9.73. The van der Waals surface area contributed by atoms with Crippen molar-refractivity contribution in [3.63, 3.8) is 0 Å². The van der Waals surface area contributed by atoms with Crippen molar-refractivity contribution in [2.24, 2.45) is 17.3 Å². The first-order chi connectivity index (χ1) is 10.7. The van der Waals surface area contributed by atoms with Gasteiger partial charge in [-0.25, -0.2) is 0 Å². The van der Waals surface area contributed by atoms with Crippen LogP contribution in [0.3, 0.4) is 0 Å². The summed E-state index contributed by atoms with van der Waals surface area (Å²) in [7, 11) is 0. The molecule has 1 fully saturated rings. The molecule has 5 nitrogen and oxygen atoms in total. The Morgan fingerprint density at radius 3 is 2.64 bits per heavy atom. The van der Waals surface area contributed by atoms with Crippen LogP contribution in [0.1, 0.15) is 30.9 Å². The summed E-state index contributed by atoms with van der Waals surface area (Å²) < 4.78 is 0. The third-order valence-electron chi connectivity index (χ3n) is 4.88.